The second-order valence-electron chi connectivity index (χ2n) is 11.9. The molecule has 0 radical (unpaired) electrons. The molecule has 1 spiro atoms. The van der Waals surface area contributed by atoms with Gasteiger partial charge in [0.25, 0.3) is 0 Å². The zero-order valence-corrected chi connectivity index (χ0v) is 24.2. The number of nitrogens with zero attached hydrogens (tertiary/aromatic N) is 1. The maximum Gasteiger partial charge on any atom is 0.0642 e. The van der Waals surface area contributed by atoms with Crippen molar-refractivity contribution in [2.24, 2.45) is 5.92 Å². The van der Waals surface area contributed by atoms with Crippen molar-refractivity contribution in [1.29, 1.82) is 0 Å². The van der Waals surface area contributed by atoms with Crippen LogP contribution in [0.5, 0.6) is 0 Å². The first-order chi connectivity index (χ1) is 19.2. The molecule has 0 bridgehead atoms. The Bertz CT molecular complexity index is 1510. The zero-order valence-electron chi connectivity index (χ0n) is 23.3. The summed E-state index contributed by atoms with van der Waals surface area (Å²) in [5, 5.41) is 2.77. The van der Waals surface area contributed by atoms with Crippen LogP contribution in [-0.2, 0) is 10.2 Å². The Kier molecular flexibility index (Phi) is 6.69. The minimum absolute atomic E-state index is 0.177. The Morgan fingerprint density at radius 1 is 0.872 bits per heavy atom. The average molecular weight is 534 g/mol. The maximum atomic E-state index is 5.72. The van der Waals surface area contributed by atoms with Crippen molar-refractivity contribution in [2.75, 3.05) is 31.2 Å². The normalized spacial score (nSPS) is 22.3. The molecule has 0 atom stereocenters. The summed E-state index contributed by atoms with van der Waals surface area (Å²) in [6.45, 7) is 8.06. The first-order valence-corrected chi connectivity index (χ1v) is 15.8. The van der Waals surface area contributed by atoms with Gasteiger partial charge in [-0.1, -0.05) is 86.1 Å². The predicted octanol–water partition coefficient (Wildman–Crippen LogP) is 9.39. The van der Waals surface area contributed by atoms with Crippen LogP contribution < -0.4 is 4.90 Å². The molecule has 1 saturated heterocycles. The predicted molar refractivity (Wildman–Crippen MR) is 165 cm³/mol. The third kappa shape index (κ3) is 4.30. The largest absolute Gasteiger partial charge is 0.378 e. The Morgan fingerprint density at radius 3 is 2.44 bits per heavy atom. The summed E-state index contributed by atoms with van der Waals surface area (Å²) in [6, 6.07) is 28.0. The van der Waals surface area contributed by atoms with Crippen LogP contribution in [0.4, 0.5) is 5.69 Å². The van der Waals surface area contributed by atoms with Gasteiger partial charge in [0.1, 0.15) is 0 Å². The van der Waals surface area contributed by atoms with Gasteiger partial charge in [-0.2, -0.15) is 0 Å². The maximum absolute atomic E-state index is 5.72. The quantitative estimate of drug-likeness (QED) is 0.253. The molecule has 2 fully saturated rings. The summed E-state index contributed by atoms with van der Waals surface area (Å²) in [4.78, 5) is 5.23. The first-order valence-electron chi connectivity index (χ1n) is 15.0. The highest BCUT2D eigenvalue weighted by Gasteiger charge is 2.45. The molecule has 4 aromatic rings. The van der Waals surface area contributed by atoms with Crippen LogP contribution in [0, 0.1) is 12.8 Å². The van der Waals surface area contributed by atoms with Gasteiger partial charge in [0.15, 0.2) is 0 Å². The Morgan fingerprint density at radius 2 is 1.64 bits per heavy atom. The fraction of sp³-hybridized carbons (Fsp3) is 0.389. The molecule has 7 rings (SSSR count). The van der Waals surface area contributed by atoms with E-state index in [-0.39, 0.29) is 5.41 Å². The number of ether oxygens (including phenoxy) is 1. The third-order valence-corrected chi connectivity index (χ3v) is 10.9. The third-order valence-electron chi connectivity index (χ3n) is 9.65. The van der Waals surface area contributed by atoms with Gasteiger partial charge < -0.3 is 9.64 Å². The first kappa shape index (κ1) is 25.2. The average Bonchev–Trinajstić information content (AvgIpc) is 3.25. The van der Waals surface area contributed by atoms with Gasteiger partial charge in [-0.3, -0.25) is 0 Å². The van der Waals surface area contributed by atoms with E-state index in [0.29, 0.717) is 0 Å². The van der Waals surface area contributed by atoms with Crippen molar-refractivity contribution < 1.29 is 4.74 Å². The Labute approximate surface area is 237 Å². The summed E-state index contributed by atoms with van der Waals surface area (Å²) < 4.78 is 5.72. The van der Waals surface area contributed by atoms with Crippen molar-refractivity contribution in [3.63, 3.8) is 0 Å². The molecular weight excluding hydrogens is 494 g/mol. The van der Waals surface area contributed by atoms with Gasteiger partial charge >= 0.3 is 0 Å². The van der Waals surface area contributed by atoms with Gasteiger partial charge in [0.2, 0.25) is 0 Å². The van der Waals surface area contributed by atoms with E-state index in [4.69, 9.17) is 4.74 Å². The molecule has 2 aliphatic carbocycles. The Balaban J connectivity index is 1.40. The van der Waals surface area contributed by atoms with Crippen molar-refractivity contribution in [3.8, 4) is 11.1 Å². The highest BCUT2D eigenvalue weighted by atomic mass is 32.2. The van der Waals surface area contributed by atoms with E-state index < -0.39 is 0 Å². The second kappa shape index (κ2) is 10.3. The number of anilines is 1. The minimum atomic E-state index is 0.177. The highest BCUT2D eigenvalue weighted by molar-refractivity contribution is 7.99. The molecule has 0 amide bonds. The highest BCUT2D eigenvalue weighted by Crippen LogP contribution is 2.58. The molecule has 1 heterocycles. The second-order valence-corrected chi connectivity index (χ2v) is 12.9. The molecule has 3 aliphatic rings. The smallest absolute Gasteiger partial charge is 0.0642 e. The summed E-state index contributed by atoms with van der Waals surface area (Å²) in [5.41, 5.74) is 8.98. The summed E-state index contributed by atoms with van der Waals surface area (Å²) in [7, 11) is 0. The van der Waals surface area contributed by atoms with E-state index in [2.05, 4.69) is 91.5 Å². The van der Waals surface area contributed by atoms with E-state index in [0.717, 1.165) is 32.2 Å². The van der Waals surface area contributed by atoms with Gasteiger partial charge in [-0.25, -0.2) is 0 Å². The van der Waals surface area contributed by atoms with Crippen LogP contribution in [0.3, 0.4) is 0 Å². The SMILES string of the molecule is CCCC1CCC2(CC1)c1ccccc1-c1c2ccc2cc(N3CCOCC3)c(Sc3ccccc3C)cc12. The van der Waals surface area contributed by atoms with E-state index >= 15 is 0 Å². The zero-order chi connectivity index (χ0) is 26.4. The lowest BCUT2D eigenvalue weighted by Crippen LogP contribution is -2.36. The molecule has 4 aromatic carbocycles. The van der Waals surface area contributed by atoms with E-state index in [1.807, 2.05) is 11.8 Å². The summed E-state index contributed by atoms with van der Waals surface area (Å²) >= 11 is 1.93. The molecule has 2 nitrogen and oxygen atoms in total. The molecule has 1 saturated carbocycles. The van der Waals surface area contributed by atoms with Gasteiger partial charge in [0, 0.05) is 28.3 Å². The molecule has 0 unspecified atom stereocenters. The van der Waals surface area contributed by atoms with Crippen LogP contribution in [-0.4, -0.2) is 26.3 Å². The number of hydrogen-bond acceptors (Lipinski definition) is 3. The summed E-state index contributed by atoms with van der Waals surface area (Å²) in [6.07, 6.45) is 7.95. The molecule has 3 heteroatoms. The monoisotopic (exact) mass is 533 g/mol. The molecule has 39 heavy (non-hydrogen) atoms. The van der Waals surface area contributed by atoms with Crippen molar-refractivity contribution in [2.45, 2.75) is 67.6 Å². The fourth-order valence-corrected chi connectivity index (χ4v) is 8.70. The van der Waals surface area contributed by atoms with E-state index in [1.54, 1.807) is 11.1 Å². The van der Waals surface area contributed by atoms with Crippen molar-refractivity contribution in [1.82, 2.24) is 0 Å². The van der Waals surface area contributed by atoms with E-state index in [1.165, 1.54) is 81.5 Å². The number of benzene rings is 4. The number of hydrogen-bond donors (Lipinski definition) is 0. The number of fused-ring (bicyclic) bond motifs is 7. The molecule has 1 aliphatic heterocycles. The van der Waals surface area contributed by atoms with Crippen LogP contribution >= 0.6 is 11.8 Å². The van der Waals surface area contributed by atoms with Gasteiger partial charge in [-0.05, 0) is 95.3 Å². The molecule has 0 N–H and O–H groups in total. The van der Waals surface area contributed by atoms with E-state index in [9.17, 15) is 0 Å². The lowest BCUT2D eigenvalue weighted by atomic mass is 9.64. The van der Waals surface area contributed by atoms with Gasteiger partial charge in [0.05, 0.1) is 18.9 Å². The molecule has 200 valence electrons. The molecular formula is C36H39NOS. The van der Waals surface area contributed by atoms with Crippen LogP contribution in [0.2, 0.25) is 0 Å². The van der Waals surface area contributed by atoms with Crippen molar-refractivity contribution in [3.05, 3.63) is 89.5 Å². The van der Waals surface area contributed by atoms with Crippen LogP contribution in [0.25, 0.3) is 21.9 Å². The summed E-state index contributed by atoms with van der Waals surface area (Å²) in [5.74, 6) is 0.894. The van der Waals surface area contributed by atoms with Crippen LogP contribution in [0.1, 0.15) is 62.1 Å². The van der Waals surface area contributed by atoms with Crippen molar-refractivity contribution >= 4 is 28.2 Å². The van der Waals surface area contributed by atoms with Gasteiger partial charge in [-0.15, -0.1) is 0 Å². The number of rotatable bonds is 5. The lowest BCUT2D eigenvalue weighted by Gasteiger charge is -2.39. The fourth-order valence-electron chi connectivity index (χ4n) is 7.62. The topological polar surface area (TPSA) is 12.5 Å². The minimum Gasteiger partial charge on any atom is -0.378 e. The lowest BCUT2D eigenvalue weighted by molar-refractivity contribution is 0.122. The standard InChI is InChI=1S/C36H39NOS/c1-3-8-26-15-17-36(18-16-26)30-11-6-5-10-28(30)35-29-24-34(39-33-12-7-4-9-25(33)2)32(37-19-21-38-22-20-37)23-27(29)13-14-31(35)36/h4-7,9-14,23-24,26H,3,8,15-22H2,1-2H3. The molecule has 0 aromatic heterocycles. The number of morpholine rings is 1. The Hall–Kier alpha value is -2.75. The number of aryl methyl sites for hydroxylation is 1. The van der Waals surface area contributed by atoms with Crippen LogP contribution in [0.15, 0.2) is 82.6 Å².